The molecule has 14 heavy (non-hydrogen) atoms. The number of aliphatic hydroxyl groups is 1. The lowest BCUT2D eigenvalue weighted by molar-refractivity contribution is 0.207. The van der Waals surface area contributed by atoms with Crippen molar-refractivity contribution in [1.82, 2.24) is 10.2 Å². The maximum Gasteiger partial charge on any atom is 0.0445 e. The molecule has 1 rings (SSSR count). The molecule has 84 valence electrons. The molecule has 0 aliphatic carbocycles. The van der Waals surface area contributed by atoms with E-state index in [-0.39, 0.29) is 0 Å². The highest BCUT2D eigenvalue weighted by molar-refractivity contribution is 4.78. The molecule has 0 amide bonds. The summed E-state index contributed by atoms with van der Waals surface area (Å²) < 4.78 is 0. The highest BCUT2D eigenvalue weighted by Crippen LogP contribution is 2.10. The molecule has 0 aromatic carbocycles. The number of nitrogens with one attached hydrogen (secondary N) is 1. The summed E-state index contributed by atoms with van der Waals surface area (Å²) in [7, 11) is 2.18. The minimum Gasteiger partial charge on any atom is -0.396 e. The molecular formula is C11H24N2O. The summed E-state index contributed by atoms with van der Waals surface area (Å²) in [5.41, 5.74) is 0. The molecule has 0 aromatic heterocycles. The van der Waals surface area contributed by atoms with Crippen LogP contribution in [0.3, 0.4) is 0 Å². The van der Waals surface area contributed by atoms with Crippen LogP contribution in [0, 0.1) is 0 Å². The fourth-order valence-electron chi connectivity index (χ4n) is 2.07. The van der Waals surface area contributed by atoms with Gasteiger partial charge < -0.3 is 15.3 Å². The topological polar surface area (TPSA) is 35.5 Å². The predicted molar refractivity (Wildman–Crippen MR) is 59.4 cm³/mol. The fraction of sp³-hybridized carbons (Fsp3) is 1.00. The lowest BCUT2D eigenvalue weighted by atomic mass is 10.0. The van der Waals surface area contributed by atoms with E-state index in [4.69, 9.17) is 5.11 Å². The molecule has 1 fully saturated rings. The van der Waals surface area contributed by atoms with E-state index < -0.39 is 0 Å². The van der Waals surface area contributed by atoms with E-state index in [0.29, 0.717) is 18.7 Å². The summed E-state index contributed by atoms with van der Waals surface area (Å²) >= 11 is 0. The number of aliphatic hydroxyl groups excluding tert-OH is 1. The highest BCUT2D eigenvalue weighted by Gasteiger charge is 2.18. The Labute approximate surface area is 87.5 Å². The number of rotatable bonds is 5. The van der Waals surface area contributed by atoms with Gasteiger partial charge in [-0.05, 0) is 45.8 Å². The Morgan fingerprint density at radius 1 is 1.43 bits per heavy atom. The number of hydrogen-bond donors (Lipinski definition) is 2. The van der Waals surface area contributed by atoms with E-state index in [1.165, 1.54) is 25.9 Å². The molecule has 0 spiro atoms. The van der Waals surface area contributed by atoms with Gasteiger partial charge in [0, 0.05) is 18.7 Å². The van der Waals surface area contributed by atoms with Crippen molar-refractivity contribution in [1.29, 1.82) is 0 Å². The van der Waals surface area contributed by atoms with E-state index in [1.54, 1.807) is 0 Å². The van der Waals surface area contributed by atoms with Gasteiger partial charge >= 0.3 is 0 Å². The van der Waals surface area contributed by atoms with Crippen molar-refractivity contribution in [3.8, 4) is 0 Å². The first-order chi connectivity index (χ1) is 6.76. The summed E-state index contributed by atoms with van der Waals surface area (Å²) in [6.07, 6.45) is 4.51. The molecule has 3 nitrogen and oxygen atoms in total. The fourth-order valence-corrected chi connectivity index (χ4v) is 2.07. The molecule has 0 radical (unpaired) electrons. The number of likely N-dealkylation sites (tertiary alicyclic amines) is 1. The second kappa shape index (κ2) is 6.38. The molecule has 1 aliphatic heterocycles. The van der Waals surface area contributed by atoms with Crippen LogP contribution in [0.2, 0.25) is 0 Å². The Morgan fingerprint density at radius 2 is 2.07 bits per heavy atom. The summed E-state index contributed by atoms with van der Waals surface area (Å²) in [6.45, 7) is 4.89. The van der Waals surface area contributed by atoms with Gasteiger partial charge in [-0.25, -0.2) is 0 Å². The maximum atomic E-state index is 8.89. The third-order valence-corrected chi connectivity index (χ3v) is 3.16. The van der Waals surface area contributed by atoms with Crippen LogP contribution >= 0.6 is 0 Å². The lowest BCUT2D eigenvalue weighted by Gasteiger charge is -2.32. The molecule has 2 N–H and O–H groups in total. The van der Waals surface area contributed by atoms with Crippen LogP contribution in [0.4, 0.5) is 0 Å². The molecule has 0 aromatic rings. The molecule has 0 saturated carbocycles. The first-order valence-electron chi connectivity index (χ1n) is 5.81. The van der Waals surface area contributed by atoms with Gasteiger partial charge in [-0.1, -0.05) is 6.92 Å². The van der Waals surface area contributed by atoms with Gasteiger partial charge in [0.05, 0.1) is 0 Å². The normalized spacial score (nSPS) is 22.5. The van der Waals surface area contributed by atoms with Crippen LogP contribution in [0.5, 0.6) is 0 Å². The van der Waals surface area contributed by atoms with E-state index in [1.807, 2.05) is 0 Å². The lowest BCUT2D eigenvalue weighted by Crippen LogP contribution is -2.45. The standard InChI is InChI=1S/C11H24N2O/c1-3-10(6-9-14)12-11-4-7-13(2)8-5-11/h10-12,14H,3-9H2,1-2H3. The van der Waals surface area contributed by atoms with E-state index in [9.17, 15) is 0 Å². The Kier molecular flexibility index (Phi) is 5.45. The summed E-state index contributed by atoms with van der Waals surface area (Å²) in [4.78, 5) is 2.38. The zero-order chi connectivity index (χ0) is 10.4. The third kappa shape index (κ3) is 3.95. The van der Waals surface area contributed by atoms with Crippen LogP contribution < -0.4 is 5.32 Å². The molecule has 1 heterocycles. The van der Waals surface area contributed by atoms with Crippen LogP contribution in [0.25, 0.3) is 0 Å². The van der Waals surface area contributed by atoms with Crippen molar-refractivity contribution in [2.75, 3.05) is 26.7 Å². The first-order valence-corrected chi connectivity index (χ1v) is 5.81. The number of hydrogen-bond acceptors (Lipinski definition) is 3. The highest BCUT2D eigenvalue weighted by atomic mass is 16.3. The zero-order valence-electron chi connectivity index (χ0n) is 9.50. The van der Waals surface area contributed by atoms with E-state index in [0.717, 1.165) is 12.8 Å². The first kappa shape index (κ1) is 12.0. The van der Waals surface area contributed by atoms with Crippen molar-refractivity contribution in [2.24, 2.45) is 0 Å². The van der Waals surface area contributed by atoms with Crippen molar-refractivity contribution in [2.45, 2.75) is 44.7 Å². The Balaban J connectivity index is 2.21. The zero-order valence-corrected chi connectivity index (χ0v) is 9.50. The summed E-state index contributed by atoms with van der Waals surface area (Å²) in [6, 6.07) is 1.18. The second-order valence-electron chi connectivity index (χ2n) is 4.36. The Hall–Kier alpha value is -0.120. The summed E-state index contributed by atoms with van der Waals surface area (Å²) in [5, 5.41) is 12.5. The van der Waals surface area contributed by atoms with Gasteiger partial charge in [-0.3, -0.25) is 0 Å². The predicted octanol–water partition coefficient (Wildman–Crippen LogP) is 0.831. The van der Waals surface area contributed by atoms with Crippen molar-refractivity contribution in [3.63, 3.8) is 0 Å². The van der Waals surface area contributed by atoms with Crippen molar-refractivity contribution >= 4 is 0 Å². The SMILES string of the molecule is CCC(CCO)NC1CCN(C)CC1. The number of piperidine rings is 1. The molecule has 3 heteroatoms. The summed E-state index contributed by atoms with van der Waals surface area (Å²) in [5.74, 6) is 0. The van der Waals surface area contributed by atoms with Crippen molar-refractivity contribution < 1.29 is 5.11 Å². The molecule has 1 aliphatic rings. The smallest absolute Gasteiger partial charge is 0.0445 e. The van der Waals surface area contributed by atoms with Crippen LogP contribution in [0.1, 0.15) is 32.6 Å². The molecule has 1 atom stereocenters. The van der Waals surface area contributed by atoms with E-state index >= 15 is 0 Å². The average molecular weight is 200 g/mol. The quantitative estimate of drug-likeness (QED) is 0.690. The van der Waals surface area contributed by atoms with Gasteiger partial charge in [-0.15, -0.1) is 0 Å². The van der Waals surface area contributed by atoms with Crippen LogP contribution in [-0.4, -0.2) is 48.8 Å². The minimum absolute atomic E-state index is 0.304. The van der Waals surface area contributed by atoms with Gasteiger partial charge in [0.2, 0.25) is 0 Å². The monoisotopic (exact) mass is 200 g/mol. The second-order valence-corrected chi connectivity index (χ2v) is 4.36. The van der Waals surface area contributed by atoms with Crippen LogP contribution in [0.15, 0.2) is 0 Å². The molecule has 1 unspecified atom stereocenters. The van der Waals surface area contributed by atoms with Gasteiger partial charge in [-0.2, -0.15) is 0 Å². The number of nitrogens with zero attached hydrogens (tertiary/aromatic N) is 1. The van der Waals surface area contributed by atoms with Crippen LogP contribution in [-0.2, 0) is 0 Å². The molecule has 0 bridgehead atoms. The van der Waals surface area contributed by atoms with Gasteiger partial charge in [0.1, 0.15) is 0 Å². The Bertz CT molecular complexity index is 144. The third-order valence-electron chi connectivity index (χ3n) is 3.16. The van der Waals surface area contributed by atoms with E-state index in [2.05, 4.69) is 24.2 Å². The van der Waals surface area contributed by atoms with Gasteiger partial charge in [0.15, 0.2) is 0 Å². The molecule has 1 saturated heterocycles. The minimum atomic E-state index is 0.304. The van der Waals surface area contributed by atoms with Gasteiger partial charge in [0.25, 0.3) is 0 Å². The molecular weight excluding hydrogens is 176 g/mol. The maximum absolute atomic E-state index is 8.89. The average Bonchev–Trinajstić information content (AvgIpc) is 2.20. The Morgan fingerprint density at radius 3 is 2.57 bits per heavy atom. The largest absolute Gasteiger partial charge is 0.396 e. The van der Waals surface area contributed by atoms with Crippen molar-refractivity contribution in [3.05, 3.63) is 0 Å².